The largest absolute Gasteiger partial charge is 0.573 e. The van der Waals surface area contributed by atoms with E-state index in [1.54, 1.807) is 6.07 Å². The van der Waals surface area contributed by atoms with Gasteiger partial charge in [0, 0.05) is 11.5 Å². The molecule has 0 aromatic heterocycles. The van der Waals surface area contributed by atoms with Crippen LogP contribution in [0.15, 0.2) is 27.7 Å². The van der Waals surface area contributed by atoms with Gasteiger partial charge in [-0.25, -0.2) is 5.84 Å². The van der Waals surface area contributed by atoms with Crippen LogP contribution in [0.3, 0.4) is 0 Å². The molecule has 5 nitrogen and oxygen atoms in total. The fraction of sp³-hybridized carbons (Fsp3) is 0.222. The lowest BCUT2D eigenvalue weighted by molar-refractivity contribution is -0.274. The second-order valence-electron chi connectivity index (χ2n) is 3.03. The van der Waals surface area contributed by atoms with Crippen molar-refractivity contribution in [3.8, 4) is 5.75 Å². The van der Waals surface area contributed by atoms with Crippen LogP contribution in [0.2, 0.25) is 0 Å². The molecule has 18 heavy (non-hydrogen) atoms. The highest BCUT2D eigenvalue weighted by molar-refractivity contribution is 9.10. The average Bonchev–Trinajstić information content (AvgIpc) is 2.26. The molecule has 0 spiro atoms. The molecule has 0 heterocycles. The van der Waals surface area contributed by atoms with E-state index in [4.69, 9.17) is 5.84 Å². The highest BCUT2D eigenvalue weighted by Crippen LogP contribution is 2.32. The fourth-order valence-corrected chi connectivity index (χ4v) is 1.43. The molecule has 0 aliphatic carbocycles. The van der Waals surface area contributed by atoms with Crippen molar-refractivity contribution in [2.45, 2.75) is 6.36 Å². The van der Waals surface area contributed by atoms with E-state index in [9.17, 15) is 13.2 Å². The maximum Gasteiger partial charge on any atom is 0.573 e. The molecule has 100 valence electrons. The van der Waals surface area contributed by atoms with Crippen LogP contribution in [0, 0.1) is 0 Å². The molecule has 0 unspecified atom stereocenters. The SMILES string of the molecule is CN=C(NN)Nc1ccc(Br)cc1OC(F)(F)F. The van der Waals surface area contributed by atoms with Gasteiger partial charge in [0.1, 0.15) is 0 Å². The van der Waals surface area contributed by atoms with E-state index >= 15 is 0 Å². The number of benzene rings is 1. The molecule has 9 heteroatoms. The molecule has 0 fully saturated rings. The van der Waals surface area contributed by atoms with E-state index in [2.05, 4.69) is 36.4 Å². The molecule has 1 rings (SSSR count). The summed E-state index contributed by atoms with van der Waals surface area (Å²) in [5.74, 6) is 4.83. The predicted molar refractivity (Wildman–Crippen MR) is 65.1 cm³/mol. The third-order valence-corrected chi connectivity index (χ3v) is 2.28. The van der Waals surface area contributed by atoms with Crippen LogP contribution in [0.25, 0.3) is 0 Å². The summed E-state index contributed by atoms with van der Waals surface area (Å²) in [6.07, 6.45) is -4.78. The Morgan fingerprint density at radius 2 is 2.11 bits per heavy atom. The highest BCUT2D eigenvalue weighted by atomic mass is 79.9. The first-order valence-corrected chi connectivity index (χ1v) is 5.40. The maximum absolute atomic E-state index is 12.2. The number of nitrogens with two attached hydrogens (primary N) is 1. The standard InChI is InChI=1S/C9H10BrF3N4O/c1-15-8(17-14)16-6-3-2-5(10)4-7(6)18-9(11,12)13/h2-4H,14H2,1H3,(H2,15,16,17). The van der Waals surface area contributed by atoms with E-state index in [1.807, 2.05) is 0 Å². The number of rotatable bonds is 2. The molecule has 1 aromatic carbocycles. The lowest BCUT2D eigenvalue weighted by Gasteiger charge is -2.15. The number of nitrogens with one attached hydrogen (secondary N) is 2. The second-order valence-corrected chi connectivity index (χ2v) is 3.95. The van der Waals surface area contributed by atoms with Gasteiger partial charge in [-0.2, -0.15) is 0 Å². The number of aliphatic imine (C=N–C) groups is 1. The van der Waals surface area contributed by atoms with Crippen molar-refractivity contribution in [3.05, 3.63) is 22.7 Å². The minimum absolute atomic E-state index is 0.0778. The molecule has 0 atom stereocenters. The van der Waals surface area contributed by atoms with Crippen LogP contribution in [0.1, 0.15) is 0 Å². The number of guanidine groups is 1. The van der Waals surface area contributed by atoms with Gasteiger partial charge in [0.2, 0.25) is 5.96 Å². The van der Waals surface area contributed by atoms with Gasteiger partial charge in [-0.15, -0.1) is 13.2 Å². The Balaban J connectivity index is 3.03. The first kappa shape index (κ1) is 14.6. The van der Waals surface area contributed by atoms with Crippen LogP contribution in [-0.4, -0.2) is 19.4 Å². The molecular formula is C9H10BrF3N4O. The zero-order valence-electron chi connectivity index (χ0n) is 9.18. The topological polar surface area (TPSA) is 71.7 Å². The van der Waals surface area contributed by atoms with Crippen molar-refractivity contribution in [1.29, 1.82) is 0 Å². The maximum atomic E-state index is 12.2. The van der Waals surface area contributed by atoms with Crippen molar-refractivity contribution in [2.75, 3.05) is 12.4 Å². The molecule has 0 aliphatic rings. The number of hydrogen-bond acceptors (Lipinski definition) is 3. The van der Waals surface area contributed by atoms with Gasteiger partial charge < -0.3 is 10.1 Å². The molecule has 0 bridgehead atoms. The van der Waals surface area contributed by atoms with Gasteiger partial charge in [-0.05, 0) is 18.2 Å². The van der Waals surface area contributed by atoms with Crippen LogP contribution in [0.4, 0.5) is 18.9 Å². The summed E-state index contributed by atoms with van der Waals surface area (Å²) in [7, 11) is 1.42. The van der Waals surface area contributed by atoms with Crippen molar-refractivity contribution in [1.82, 2.24) is 5.43 Å². The van der Waals surface area contributed by atoms with Crippen molar-refractivity contribution in [3.63, 3.8) is 0 Å². The zero-order valence-corrected chi connectivity index (χ0v) is 10.8. The van der Waals surface area contributed by atoms with E-state index in [1.165, 1.54) is 19.2 Å². The highest BCUT2D eigenvalue weighted by Gasteiger charge is 2.32. The van der Waals surface area contributed by atoms with Gasteiger partial charge in [0.15, 0.2) is 5.75 Å². The number of ether oxygens (including phenoxy) is 1. The molecule has 0 saturated heterocycles. The summed E-state index contributed by atoms with van der Waals surface area (Å²) < 4.78 is 41.0. The lowest BCUT2D eigenvalue weighted by atomic mass is 10.3. The summed E-state index contributed by atoms with van der Waals surface area (Å²) in [5, 5.41) is 2.56. The Hall–Kier alpha value is -1.48. The van der Waals surface area contributed by atoms with Crippen molar-refractivity contribution >= 4 is 27.6 Å². The van der Waals surface area contributed by atoms with Crippen LogP contribution < -0.4 is 21.3 Å². The van der Waals surface area contributed by atoms with Gasteiger partial charge in [0.25, 0.3) is 0 Å². The Bertz CT molecular complexity index is 450. The summed E-state index contributed by atoms with van der Waals surface area (Å²) in [5.41, 5.74) is 2.27. The summed E-state index contributed by atoms with van der Waals surface area (Å²) in [6, 6.07) is 4.13. The zero-order chi connectivity index (χ0) is 13.8. The fourth-order valence-electron chi connectivity index (χ4n) is 1.09. The van der Waals surface area contributed by atoms with Crippen molar-refractivity contribution in [2.24, 2.45) is 10.8 Å². The number of nitrogens with zero attached hydrogens (tertiary/aromatic N) is 1. The molecule has 0 saturated carbocycles. The number of hydrazine groups is 1. The summed E-state index contributed by atoms with van der Waals surface area (Å²) in [4.78, 5) is 3.68. The summed E-state index contributed by atoms with van der Waals surface area (Å²) in [6.45, 7) is 0. The number of alkyl halides is 3. The molecular weight excluding hydrogens is 317 g/mol. The van der Waals surface area contributed by atoms with E-state index < -0.39 is 12.1 Å². The van der Waals surface area contributed by atoms with E-state index in [0.29, 0.717) is 4.47 Å². The average molecular weight is 327 g/mol. The lowest BCUT2D eigenvalue weighted by Crippen LogP contribution is -2.36. The Kier molecular flexibility index (Phi) is 4.79. The third kappa shape index (κ3) is 4.41. The molecule has 0 radical (unpaired) electrons. The Morgan fingerprint density at radius 1 is 1.44 bits per heavy atom. The van der Waals surface area contributed by atoms with Gasteiger partial charge >= 0.3 is 6.36 Å². The van der Waals surface area contributed by atoms with Gasteiger partial charge in [0.05, 0.1) is 5.69 Å². The van der Waals surface area contributed by atoms with E-state index in [0.717, 1.165) is 0 Å². The summed E-state index contributed by atoms with van der Waals surface area (Å²) >= 11 is 3.06. The Morgan fingerprint density at radius 3 is 2.61 bits per heavy atom. The number of anilines is 1. The normalized spacial score (nSPS) is 12.2. The quantitative estimate of drug-likeness (QED) is 0.337. The molecule has 0 aliphatic heterocycles. The first-order chi connectivity index (χ1) is 8.35. The minimum atomic E-state index is -4.78. The van der Waals surface area contributed by atoms with E-state index in [-0.39, 0.29) is 11.6 Å². The number of hydrogen-bond donors (Lipinski definition) is 3. The second kappa shape index (κ2) is 5.91. The smallest absolute Gasteiger partial charge is 0.404 e. The molecule has 4 N–H and O–H groups in total. The predicted octanol–water partition coefficient (Wildman–Crippen LogP) is 2.21. The van der Waals surface area contributed by atoms with Gasteiger partial charge in [-0.1, -0.05) is 15.9 Å². The molecule has 0 amide bonds. The minimum Gasteiger partial charge on any atom is -0.404 e. The van der Waals surface area contributed by atoms with Crippen LogP contribution >= 0.6 is 15.9 Å². The van der Waals surface area contributed by atoms with Crippen molar-refractivity contribution < 1.29 is 17.9 Å². The molecule has 1 aromatic rings. The first-order valence-electron chi connectivity index (χ1n) is 4.61. The van der Waals surface area contributed by atoms with Gasteiger partial charge in [-0.3, -0.25) is 10.4 Å². The van der Waals surface area contributed by atoms with Crippen LogP contribution in [0.5, 0.6) is 5.75 Å². The monoisotopic (exact) mass is 326 g/mol. The third-order valence-electron chi connectivity index (χ3n) is 1.78. The van der Waals surface area contributed by atoms with Crippen LogP contribution in [-0.2, 0) is 0 Å². The Labute approximate surface area is 109 Å². The number of halogens is 4.